The van der Waals surface area contributed by atoms with Crippen molar-refractivity contribution < 1.29 is 93.6 Å². The molecule has 0 saturated carbocycles. The van der Waals surface area contributed by atoms with E-state index < -0.39 is 102 Å². The van der Waals surface area contributed by atoms with Crippen molar-refractivity contribution in [1.29, 1.82) is 0 Å². The van der Waals surface area contributed by atoms with E-state index in [1.165, 1.54) is 82.8 Å². The minimum Gasteiger partial charge on any atom is -0.430 e. The summed E-state index contributed by atoms with van der Waals surface area (Å²) in [6.07, 6.45) is 36.5. The molecule has 2 unspecified atom stereocenters. The van der Waals surface area contributed by atoms with E-state index in [4.69, 9.17) is 65.3 Å². The first-order valence-corrected chi connectivity index (χ1v) is 44.6. The fraction of sp³-hybridized carbons (Fsp3) is 0.807. The number of hydrogen-bond donors (Lipinski definition) is 2. The Hall–Kier alpha value is -3.70. The van der Waals surface area contributed by atoms with E-state index in [0.717, 1.165) is 161 Å². The number of ketones is 1. The zero-order valence-corrected chi connectivity index (χ0v) is 69.1. The Balaban J connectivity index is 2.92. The number of ether oxygens (including phenoxy) is 9. The molecule has 24 heteroatoms. The summed E-state index contributed by atoms with van der Waals surface area (Å²) in [6, 6.07) is -2.71. The van der Waals surface area contributed by atoms with Gasteiger partial charge >= 0.3 is 21.6 Å². The molecule has 2 fully saturated rings. The molecule has 0 aromatic carbocycles. The van der Waals surface area contributed by atoms with Crippen molar-refractivity contribution in [2.24, 2.45) is 0 Å². The average molecular weight is 1560 g/mol. The molecule has 2 aliphatic rings. The second-order valence-electron chi connectivity index (χ2n) is 28.4. The Labute approximate surface area is 647 Å². The number of rotatable bonds is 74. The molecule has 0 aromatic rings. The van der Waals surface area contributed by atoms with Gasteiger partial charge in [0, 0.05) is 40.3 Å². The van der Waals surface area contributed by atoms with Gasteiger partial charge in [-0.25, -0.2) is 9.36 Å². The SMILES string of the molecule is C=CCCP(=O)(OCC=C)O[C@H]1O[C@H](COC2O[C@H](COC)[C@@H](OP(=O)(OCC=C)OCC=C)[C@H](OCC[C@@H](CCCCCCC)OC)[C@H]2NC(=O)CCCCCCCCC/C=C\CCCCCC)[C@@H](OC(=O)OCC=C)[C@H](OCCCCCCCCCC)[C@H]1NC(=O)CC(=O)CCCCCCCCCCC. The van der Waals surface area contributed by atoms with Crippen molar-refractivity contribution in [3.05, 3.63) is 75.4 Å². The average Bonchev–Trinajstić information content (AvgIpc) is 0.776. The van der Waals surface area contributed by atoms with Crippen LogP contribution in [0.1, 0.15) is 291 Å². The molecule has 0 aliphatic carbocycles. The molecule has 620 valence electrons. The molecule has 2 saturated heterocycles. The van der Waals surface area contributed by atoms with Crippen LogP contribution in [0.3, 0.4) is 0 Å². The molecular formula is C83H148N2O20P2. The Bertz CT molecular complexity index is 2420. The number of Topliss-reactive ketones (excluding diaryl/α,β-unsaturated/α-hetero) is 1. The number of phosphoric acid groups is 1. The third kappa shape index (κ3) is 46.8. The summed E-state index contributed by atoms with van der Waals surface area (Å²) in [7, 11) is -5.67. The van der Waals surface area contributed by atoms with Crippen LogP contribution in [0, 0.1) is 0 Å². The summed E-state index contributed by atoms with van der Waals surface area (Å²) in [5, 5.41) is 6.14. The number of carbonyl (C=O) groups excluding carboxylic acids is 4. The Kier molecular flexibility index (Phi) is 61.1. The van der Waals surface area contributed by atoms with Gasteiger partial charge in [0.2, 0.25) is 11.8 Å². The van der Waals surface area contributed by atoms with Gasteiger partial charge < -0.3 is 57.8 Å². The monoisotopic (exact) mass is 1560 g/mol. The van der Waals surface area contributed by atoms with E-state index in [1.807, 2.05) is 0 Å². The second-order valence-corrected chi connectivity index (χ2v) is 32.2. The maximum absolute atomic E-state index is 15.1. The van der Waals surface area contributed by atoms with Gasteiger partial charge in [-0.05, 0) is 64.2 Å². The summed E-state index contributed by atoms with van der Waals surface area (Å²) in [4.78, 5) is 57.1. The highest BCUT2D eigenvalue weighted by atomic mass is 31.2. The predicted octanol–water partition coefficient (Wildman–Crippen LogP) is 20.3. The standard InChI is InChI=1S/C83H148N2O20P2/c1-12-21-26-30-33-36-37-38-39-40-41-43-45-49-53-57-73(87)84-75-80(95-64-58-70(93-11)56-52-47-29-24-15-4)78(104-107(91,99-61-19-8)100-62-20-9)71(67-92-10)101-81(75)97-68-72-77(103-83(89)96-59-17-6)79(94-63-54-50-46-35-32-28-23-14-3)76(82(102-72)105-106(90,65-25-16-5)98-60-18-7)85-74(88)66-69(86)55-51-48-44-42-34-31-27-22-13-2/h16-20,36-37,70-72,75-82H,5-9,12-15,21-35,38-68H2,1-4,10-11H3,(H,84,87)(H,85,88)/b37-36-/t70-,71-,72-,75-,76-,77-,78-,79-,80-,81?,82-,106?/m1/s1. The number of hydrogen-bond acceptors (Lipinski definition) is 20. The normalized spacial score (nSPS) is 21.1. The van der Waals surface area contributed by atoms with Crippen LogP contribution in [-0.2, 0) is 88.8 Å². The molecular weight excluding hydrogens is 1410 g/mol. The number of phosphoric ester groups is 1. The summed E-state index contributed by atoms with van der Waals surface area (Å²) >= 11 is 0. The molecule has 12 atom stereocenters. The molecule has 0 spiro atoms. The third-order valence-electron chi connectivity index (χ3n) is 19.1. The minimum atomic E-state index is -4.55. The molecule has 2 rings (SSSR count). The topological polar surface area (TPSA) is 256 Å². The number of carbonyl (C=O) groups is 4. The largest absolute Gasteiger partial charge is 0.509 e. The maximum Gasteiger partial charge on any atom is 0.509 e. The van der Waals surface area contributed by atoms with Gasteiger partial charge in [0.15, 0.2) is 18.7 Å². The summed E-state index contributed by atoms with van der Waals surface area (Å²) < 4.78 is 119. The predicted molar refractivity (Wildman–Crippen MR) is 427 cm³/mol. The van der Waals surface area contributed by atoms with E-state index in [9.17, 15) is 23.7 Å². The highest BCUT2D eigenvalue weighted by molar-refractivity contribution is 7.53. The summed E-state index contributed by atoms with van der Waals surface area (Å²) in [5.74, 6) is -1.36. The quantitative estimate of drug-likeness (QED) is 0.0189. The number of allylic oxidation sites excluding steroid dienone is 3. The molecule has 22 nitrogen and oxygen atoms in total. The van der Waals surface area contributed by atoms with Crippen LogP contribution in [0.15, 0.2) is 75.4 Å². The lowest BCUT2D eigenvalue weighted by atomic mass is 9.95. The Morgan fingerprint density at radius 1 is 0.449 bits per heavy atom. The molecule has 2 amide bonds. The minimum absolute atomic E-state index is 0.0562. The summed E-state index contributed by atoms with van der Waals surface area (Å²) in [6.45, 7) is 26.1. The zero-order valence-electron chi connectivity index (χ0n) is 67.3. The van der Waals surface area contributed by atoms with E-state index in [2.05, 4.69) is 83.4 Å². The van der Waals surface area contributed by atoms with Crippen molar-refractivity contribution in [2.75, 3.05) is 73.2 Å². The highest BCUT2D eigenvalue weighted by Gasteiger charge is 2.55. The molecule has 0 bridgehead atoms. The van der Waals surface area contributed by atoms with Gasteiger partial charge in [0.05, 0.1) is 51.7 Å². The molecule has 107 heavy (non-hydrogen) atoms. The van der Waals surface area contributed by atoms with Crippen LogP contribution in [0.25, 0.3) is 0 Å². The van der Waals surface area contributed by atoms with Crippen LogP contribution in [-0.4, -0.2) is 164 Å². The molecule has 0 aromatic heterocycles. The van der Waals surface area contributed by atoms with Gasteiger partial charge in [0.25, 0.3) is 0 Å². The molecule has 2 N–H and O–H groups in total. The van der Waals surface area contributed by atoms with Crippen molar-refractivity contribution >= 4 is 39.2 Å². The number of methoxy groups -OCH3 is 2. The van der Waals surface area contributed by atoms with Crippen LogP contribution < -0.4 is 10.6 Å². The van der Waals surface area contributed by atoms with Crippen LogP contribution >= 0.6 is 15.4 Å². The number of unbranched alkanes of at least 4 members (excludes halogenated alkanes) is 30. The second kappa shape index (κ2) is 65.8. The fourth-order valence-corrected chi connectivity index (χ4v) is 16.0. The van der Waals surface area contributed by atoms with Gasteiger partial charge in [-0.1, -0.05) is 257 Å². The van der Waals surface area contributed by atoms with Crippen LogP contribution in [0.2, 0.25) is 0 Å². The van der Waals surface area contributed by atoms with Gasteiger partial charge in [-0.15, -0.1) is 26.3 Å². The fourth-order valence-electron chi connectivity index (χ4n) is 13.1. The molecule has 2 aliphatic heterocycles. The van der Waals surface area contributed by atoms with E-state index in [-0.39, 0.29) is 89.5 Å². The lowest BCUT2D eigenvalue weighted by Gasteiger charge is -2.48. The maximum atomic E-state index is 15.1. The zero-order chi connectivity index (χ0) is 78.3. The van der Waals surface area contributed by atoms with Crippen LogP contribution in [0.5, 0.6) is 0 Å². The lowest BCUT2D eigenvalue weighted by Crippen LogP contribution is -2.68. The highest BCUT2D eigenvalue weighted by Crippen LogP contribution is 2.54. The van der Waals surface area contributed by atoms with Crippen molar-refractivity contribution in [3.8, 4) is 0 Å². The van der Waals surface area contributed by atoms with Gasteiger partial charge in [-0.3, -0.25) is 37.0 Å². The lowest BCUT2D eigenvalue weighted by molar-refractivity contribution is -0.301. The number of nitrogens with one attached hydrogen (secondary N) is 2. The summed E-state index contributed by atoms with van der Waals surface area (Å²) in [5.41, 5.74) is 0. The van der Waals surface area contributed by atoms with E-state index >= 15 is 4.57 Å². The first-order valence-electron chi connectivity index (χ1n) is 41.4. The Morgan fingerprint density at radius 3 is 1.47 bits per heavy atom. The molecule has 2 heterocycles. The van der Waals surface area contributed by atoms with Crippen LogP contribution in [0.4, 0.5) is 4.79 Å². The van der Waals surface area contributed by atoms with Gasteiger partial charge in [0.1, 0.15) is 55.0 Å². The smallest absolute Gasteiger partial charge is 0.430 e. The van der Waals surface area contributed by atoms with E-state index in [1.54, 1.807) is 13.2 Å². The van der Waals surface area contributed by atoms with Crippen molar-refractivity contribution in [1.82, 2.24) is 10.6 Å². The Morgan fingerprint density at radius 2 is 0.916 bits per heavy atom. The first-order chi connectivity index (χ1) is 52.1. The molecule has 0 radical (unpaired) electrons. The number of amides is 2. The third-order valence-corrected chi connectivity index (χ3v) is 22.4. The first kappa shape index (κ1) is 99.4. The van der Waals surface area contributed by atoms with Gasteiger partial charge in [-0.2, -0.15) is 0 Å². The van der Waals surface area contributed by atoms with E-state index in [0.29, 0.717) is 25.7 Å². The van der Waals surface area contributed by atoms with Crippen molar-refractivity contribution in [2.45, 2.75) is 358 Å². The van der Waals surface area contributed by atoms with Crippen molar-refractivity contribution in [3.63, 3.8) is 0 Å².